The Kier molecular flexibility index (Phi) is 3.11. The molecular formula is C12H13F2NO2. The van der Waals surface area contributed by atoms with Gasteiger partial charge in [0.15, 0.2) is 0 Å². The molecule has 0 radical (unpaired) electrons. The summed E-state index contributed by atoms with van der Waals surface area (Å²) in [5.41, 5.74) is 0.0856. The molecule has 1 aromatic carbocycles. The molecular weight excluding hydrogens is 228 g/mol. The zero-order chi connectivity index (χ0) is 12.5. The van der Waals surface area contributed by atoms with Crippen molar-refractivity contribution >= 4 is 5.91 Å². The Hall–Kier alpha value is -1.49. The summed E-state index contributed by atoms with van der Waals surface area (Å²) in [5, 5.41) is 0. The second-order valence-corrected chi connectivity index (χ2v) is 3.90. The number of hydrogen-bond acceptors (Lipinski definition) is 2. The van der Waals surface area contributed by atoms with Gasteiger partial charge in [0.2, 0.25) is 5.91 Å². The number of morpholine rings is 1. The fraction of sp³-hybridized carbons (Fsp3) is 0.417. The first-order valence-electron chi connectivity index (χ1n) is 5.35. The Balaban J connectivity index is 2.45. The molecule has 1 heterocycles. The lowest BCUT2D eigenvalue weighted by Crippen LogP contribution is -2.57. The Morgan fingerprint density at radius 2 is 2.12 bits per heavy atom. The van der Waals surface area contributed by atoms with Gasteiger partial charge < -0.3 is 4.74 Å². The third-order valence-electron chi connectivity index (χ3n) is 2.83. The first-order chi connectivity index (χ1) is 8.06. The number of halogens is 2. The van der Waals surface area contributed by atoms with Gasteiger partial charge in [-0.1, -0.05) is 30.3 Å². The second kappa shape index (κ2) is 4.41. The van der Waals surface area contributed by atoms with Crippen LogP contribution in [0.1, 0.15) is 12.5 Å². The van der Waals surface area contributed by atoms with E-state index in [4.69, 9.17) is 4.74 Å². The van der Waals surface area contributed by atoms with E-state index >= 15 is 0 Å². The maximum atomic E-state index is 14.8. The minimum absolute atomic E-state index is 0.000744. The third kappa shape index (κ3) is 1.91. The fourth-order valence-electron chi connectivity index (χ4n) is 1.99. The average Bonchev–Trinajstić information content (AvgIpc) is 2.33. The molecule has 2 atom stereocenters. The van der Waals surface area contributed by atoms with Gasteiger partial charge in [0, 0.05) is 19.0 Å². The summed E-state index contributed by atoms with van der Waals surface area (Å²) in [6.07, 6.45) is -2.16. The molecule has 0 aliphatic carbocycles. The molecule has 2 unspecified atom stereocenters. The third-order valence-corrected chi connectivity index (χ3v) is 2.83. The van der Waals surface area contributed by atoms with Crippen molar-refractivity contribution in [3.05, 3.63) is 35.9 Å². The number of carbonyl (C=O) groups excluding carboxylic acids is 1. The van der Waals surface area contributed by atoms with E-state index < -0.39 is 18.1 Å². The van der Waals surface area contributed by atoms with E-state index in [0.717, 1.165) is 4.90 Å². The summed E-state index contributed by atoms with van der Waals surface area (Å²) in [6, 6.07) is 7.77. The van der Waals surface area contributed by atoms with Gasteiger partial charge in [-0.15, -0.1) is 0 Å². The Labute approximate surface area is 98.0 Å². The molecule has 0 aromatic heterocycles. The highest BCUT2D eigenvalue weighted by Crippen LogP contribution is 2.38. The first-order valence-corrected chi connectivity index (χ1v) is 5.35. The average molecular weight is 241 g/mol. The zero-order valence-electron chi connectivity index (χ0n) is 9.40. The molecule has 92 valence electrons. The van der Waals surface area contributed by atoms with E-state index in [1.54, 1.807) is 18.2 Å². The summed E-state index contributed by atoms with van der Waals surface area (Å²) >= 11 is 0. The van der Waals surface area contributed by atoms with Crippen LogP contribution >= 0.6 is 0 Å². The van der Waals surface area contributed by atoms with Crippen LogP contribution in [0.25, 0.3) is 0 Å². The molecule has 1 saturated heterocycles. The van der Waals surface area contributed by atoms with Crippen LogP contribution in [0.3, 0.4) is 0 Å². The molecule has 3 nitrogen and oxygen atoms in total. The van der Waals surface area contributed by atoms with Crippen LogP contribution in [0.5, 0.6) is 0 Å². The summed E-state index contributed by atoms with van der Waals surface area (Å²) < 4.78 is 33.2. The number of amides is 1. The molecule has 17 heavy (non-hydrogen) atoms. The molecule has 0 saturated carbocycles. The summed E-state index contributed by atoms with van der Waals surface area (Å²) in [4.78, 5) is 12.3. The molecule has 0 bridgehead atoms. The number of nitrogens with zero attached hydrogens (tertiary/aromatic N) is 1. The molecule has 2 rings (SSSR count). The summed E-state index contributed by atoms with van der Waals surface area (Å²) in [7, 11) is 0. The Morgan fingerprint density at radius 1 is 1.47 bits per heavy atom. The van der Waals surface area contributed by atoms with Crippen molar-refractivity contribution in [1.29, 1.82) is 0 Å². The van der Waals surface area contributed by atoms with Crippen LogP contribution in [0.2, 0.25) is 0 Å². The molecule has 1 amide bonds. The maximum absolute atomic E-state index is 14.8. The van der Waals surface area contributed by atoms with Crippen molar-refractivity contribution in [2.45, 2.75) is 19.1 Å². The van der Waals surface area contributed by atoms with Gasteiger partial charge in [0.05, 0.1) is 6.61 Å². The van der Waals surface area contributed by atoms with E-state index in [2.05, 4.69) is 0 Å². The van der Waals surface area contributed by atoms with Crippen molar-refractivity contribution in [2.75, 3.05) is 13.2 Å². The number of ether oxygens (including phenoxy) is 1. The van der Waals surface area contributed by atoms with E-state index in [-0.39, 0.29) is 18.7 Å². The lowest BCUT2D eigenvalue weighted by atomic mass is 10.0. The van der Waals surface area contributed by atoms with Gasteiger partial charge in [0.1, 0.15) is 0 Å². The van der Waals surface area contributed by atoms with E-state index in [1.807, 2.05) is 0 Å². The molecule has 0 N–H and O–H groups in total. The molecule has 1 aliphatic rings. The first kappa shape index (κ1) is 12.0. The van der Waals surface area contributed by atoms with Crippen molar-refractivity contribution in [3.8, 4) is 0 Å². The predicted molar refractivity (Wildman–Crippen MR) is 57.5 cm³/mol. The van der Waals surface area contributed by atoms with Crippen LogP contribution in [0, 0.1) is 0 Å². The van der Waals surface area contributed by atoms with E-state index in [0.29, 0.717) is 0 Å². The molecule has 0 spiro atoms. The van der Waals surface area contributed by atoms with Crippen LogP contribution in [-0.2, 0) is 15.3 Å². The molecule has 5 heteroatoms. The van der Waals surface area contributed by atoms with Gasteiger partial charge in [-0.2, -0.15) is 0 Å². The van der Waals surface area contributed by atoms with E-state index in [9.17, 15) is 13.6 Å². The van der Waals surface area contributed by atoms with Crippen molar-refractivity contribution < 1.29 is 18.3 Å². The fourth-order valence-corrected chi connectivity index (χ4v) is 1.99. The minimum atomic E-state index is -2.54. The number of hydrogen-bond donors (Lipinski definition) is 0. The topological polar surface area (TPSA) is 29.5 Å². The lowest BCUT2D eigenvalue weighted by molar-refractivity contribution is -0.242. The quantitative estimate of drug-likeness (QED) is 0.704. The largest absolute Gasteiger partial charge is 0.342 e. The number of benzene rings is 1. The summed E-state index contributed by atoms with van der Waals surface area (Å²) in [5.74, 6) is -3.05. The standard InChI is InChI=1S/C12H13F2NO2/c1-9(16)15-7-8-17-11(13)12(15,14)10-5-3-2-4-6-10/h2-6,11H,7-8H2,1H3. The van der Waals surface area contributed by atoms with Crippen LogP contribution in [0.15, 0.2) is 30.3 Å². The van der Waals surface area contributed by atoms with E-state index in [1.165, 1.54) is 19.1 Å². The number of alkyl halides is 2. The van der Waals surface area contributed by atoms with Gasteiger partial charge in [-0.25, -0.2) is 8.78 Å². The number of rotatable bonds is 1. The summed E-state index contributed by atoms with van der Waals surface area (Å²) in [6.45, 7) is 1.26. The van der Waals surface area contributed by atoms with Crippen molar-refractivity contribution in [3.63, 3.8) is 0 Å². The van der Waals surface area contributed by atoms with Gasteiger partial charge in [0.25, 0.3) is 12.2 Å². The molecule has 1 aliphatic heterocycles. The van der Waals surface area contributed by atoms with Gasteiger partial charge in [-0.3, -0.25) is 9.69 Å². The monoisotopic (exact) mass is 241 g/mol. The predicted octanol–water partition coefficient (Wildman–Crippen LogP) is 1.98. The maximum Gasteiger partial charge on any atom is 0.267 e. The lowest BCUT2D eigenvalue weighted by Gasteiger charge is -2.42. The van der Waals surface area contributed by atoms with Crippen LogP contribution in [0.4, 0.5) is 8.78 Å². The minimum Gasteiger partial charge on any atom is -0.342 e. The highest BCUT2D eigenvalue weighted by Gasteiger charge is 2.51. The smallest absolute Gasteiger partial charge is 0.267 e. The second-order valence-electron chi connectivity index (χ2n) is 3.90. The highest BCUT2D eigenvalue weighted by molar-refractivity contribution is 5.74. The SMILES string of the molecule is CC(=O)N1CCOC(F)C1(F)c1ccccc1. The normalized spacial score (nSPS) is 29.1. The highest BCUT2D eigenvalue weighted by atomic mass is 19.2. The van der Waals surface area contributed by atoms with Crippen LogP contribution < -0.4 is 0 Å². The zero-order valence-corrected chi connectivity index (χ0v) is 9.40. The van der Waals surface area contributed by atoms with Crippen molar-refractivity contribution in [2.24, 2.45) is 0 Å². The molecule has 1 aromatic rings. The number of carbonyl (C=O) groups is 1. The van der Waals surface area contributed by atoms with Crippen LogP contribution in [-0.4, -0.2) is 30.3 Å². The van der Waals surface area contributed by atoms with Gasteiger partial charge >= 0.3 is 0 Å². The van der Waals surface area contributed by atoms with Gasteiger partial charge in [-0.05, 0) is 0 Å². The molecule has 1 fully saturated rings. The Bertz CT molecular complexity index is 412. The van der Waals surface area contributed by atoms with Crippen molar-refractivity contribution in [1.82, 2.24) is 4.90 Å². The Morgan fingerprint density at radius 3 is 2.71 bits per heavy atom.